The molecule has 0 radical (unpaired) electrons. The predicted octanol–water partition coefficient (Wildman–Crippen LogP) is 1.98. The Bertz CT molecular complexity index is 375. The number of carbonyl (C=O) groups is 1. The van der Waals surface area contributed by atoms with Gasteiger partial charge in [-0.2, -0.15) is 0 Å². The van der Waals surface area contributed by atoms with E-state index in [0.717, 1.165) is 5.56 Å². The first-order valence-corrected chi connectivity index (χ1v) is 5.13. The van der Waals surface area contributed by atoms with Gasteiger partial charge in [-0.15, -0.1) is 0 Å². The molecular formula is C12H17NO3. The van der Waals surface area contributed by atoms with E-state index in [4.69, 9.17) is 10.5 Å². The summed E-state index contributed by atoms with van der Waals surface area (Å²) in [6.45, 7) is 4.26. The number of nitrogens with two attached hydrogens (primary N) is 1. The van der Waals surface area contributed by atoms with Crippen LogP contribution in [0.25, 0.3) is 0 Å². The van der Waals surface area contributed by atoms with Crippen LogP contribution in [0.3, 0.4) is 0 Å². The Labute approximate surface area is 95.3 Å². The van der Waals surface area contributed by atoms with Gasteiger partial charge in [-0.1, -0.05) is 6.07 Å². The van der Waals surface area contributed by atoms with E-state index in [0.29, 0.717) is 17.9 Å². The Balaban J connectivity index is 2.93. The molecule has 0 aromatic heterocycles. The van der Waals surface area contributed by atoms with Crippen molar-refractivity contribution in [3.63, 3.8) is 0 Å². The van der Waals surface area contributed by atoms with Crippen LogP contribution >= 0.6 is 0 Å². The van der Waals surface area contributed by atoms with Gasteiger partial charge in [0.05, 0.1) is 25.4 Å². The van der Waals surface area contributed by atoms with Gasteiger partial charge < -0.3 is 15.2 Å². The van der Waals surface area contributed by atoms with Crippen LogP contribution in [0.15, 0.2) is 18.2 Å². The van der Waals surface area contributed by atoms with Crippen molar-refractivity contribution < 1.29 is 14.3 Å². The minimum Gasteiger partial charge on any atom is -0.465 e. The second-order valence-electron chi connectivity index (χ2n) is 3.77. The van der Waals surface area contributed by atoms with Gasteiger partial charge >= 0.3 is 5.97 Å². The lowest BCUT2D eigenvalue weighted by Crippen LogP contribution is -2.10. The van der Waals surface area contributed by atoms with Crippen LogP contribution in [-0.4, -0.2) is 19.2 Å². The fourth-order valence-electron chi connectivity index (χ4n) is 1.28. The Hall–Kier alpha value is -1.55. The molecule has 0 unspecified atom stereocenters. The molecule has 4 nitrogen and oxygen atoms in total. The van der Waals surface area contributed by atoms with Gasteiger partial charge in [0, 0.05) is 5.69 Å². The molecule has 4 heteroatoms. The van der Waals surface area contributed by atoms with Crippen LogP contribution in [0.2, 0.25) is 0 Å². The topological polar surface area (TPSA) is 61.5 Å². The summed E-state index contributed by atoms with van der Waals surface area (Å²) >= 11 is 0. The Kier molecular flexibility index (Phi) is 4.31. The highest BCUT2D eigenvalue weighted by atomic mass is 16.5. The van der Waals surface area contributed by atoms with Gasteiger partial charge in [0.2, 0.25) is 0 Å². The maximum absolute atomic E-state index is 11.5. The number of methoxy groups -OCH3 is 1. The normalized spacial score (nSPS) is 10.5. The number of rotatable bonds is 4. The van der Waals surface area contributed by atoms with Crippen LogP contribution in [0, 0.1) is 0 Å². The van der Waals surface area contributed by atoms with Crippen LogP contribution in [0.4, 0.5) is 5.69 Å². The zero-order valence-electron chi connectivity index (χ0n) is 9.82. The molecule has 0 bridgehead atoms. The molecule has 0 spiro atoms. The lowest BCUT2D eigenvalue weighted by atomic mass is 10.1. The largest absolute Gasteiger partial charge is 0.465 e. The smallest absolute Gasteiger partial charge is 0.338 e. The van der Waals surface area contributed by atoms with Gasteiger partial charge in [-0.25, -0.2) is 4.79 Å². The van der Waals surface area contributed by atoms with Crippen molar-refractivity contribution in [3.8, 4) is 0 Å². The monoisotopic (exact) mass is 223 g/mol. The molecule has 0 aliphatic carbocycles. The van der Waals surface area contributed by atoms with Crippen LogP contribution in [-0.2, 0) is 16.1 Å². The van der Waals surface area contributed by atoms with E-state index < -0.39 is 5.97 Å². The molecule has 0 atom stereocenters. The number of benzene rings is 1. The number of hydrogen-bond acceptors (Lipinski definition) is 4. The van der Waals surface area contributed by atoms with Gasteiger partial charge in [0.1, 0.15) is 0 Å². The third-order valence-corrected chi connectivity index (χ3v) is 2.11. The first kappa shape index (κ1) is 12.5. The molecule has 0 heterocycles. The SMILES string of the molecule is COC(=O)c1cc(N)ccc1COC(C)C. The van der Waals surface area contributed by atoms with E-state index in [1.54, 1.807) is 18.2 Å². The zero-order valence-corrected chi connectivity index (χ0v) is 9.82. The summed E-state index contributed by atoms with van der Waals surface area (Å²) in [5, 5.41) is 0. The number of esters is 1. The molecule has 2 N–H and O–H groups in total. The zero-order chi connectivity index (χ0) is 12.1. The minimum atomic E-state index is -0.394. The second kappa shape index (κ2) is 5.51. The van der Waals surface area contributed by atoms with E-state index in [1.807, 2.05) is 13.8 Å². The van der Waals surface area contributed by atoms with Crippen molar-refractivity contribution in [2.24, 2.45) is 0 Å². The lowest BCUT2D eigenvalue weighted by molar-refractivity contribution is 0.0554. The molecule has 0 saturated heterocycles. The Morgan fingerprint density at radius 2 is 2.12 bits per heavy atom. The second-order valence-corrected chi connectivity index (χ2v) is 3.77. The molecule has 0 fully saturated rings. The summed E-state index contributed by atoms with van der Waals surface area (Å²) in [6, 6.07) is 5.13. The number of nitrogen functional groups attached to an aromatic ring is 1. The number of anilines is 1. The molecule has 0 amide bonds. The fraction of sp³-hybridized carbons (Fsp3) is 0.417. The van der Waals surface area contributed by atoms with Crippen molar-refractivity contribution in [3.05, 3.63) is 29.3 Å². The van der Waals surface area contributed by atoms with E-state index >= 15 is 0 Å². The minimum absolute atomic E-state index is 0.114. The predicted molar refractivity (Wildman–Crippen MR) is 62.1 cm³/mol. The van der Waals surface area contributed by atoms with Crippen LogP contribution in [0.1, 0.15) is 29.8 Å². The molecule has 1 rings (SSSR count). The van der Waals surface area contributed by atoms with Crippen molar-refractivity contribution in [2.75, 3.05) is 12.8 Å². The first-order valence-electron chi connectivity index (χ1n) is 5.13. The van der Waals surface area contributed by atoms with Crippen molar-refractivity contribution in [1.29, 1.82) is 0 Å². The molecule has 1 aromatic carbocycles. The molecule has 16 heavy (non-hydrogen) atoms. The van der Waals surface area contributed by atoms with E-state index in [9.17, 15) is 4.79 Å². The standard InChI is InChI=1S/C12H17NO3/c1-8(2)16-7-9-4-5-10(13)6-11(9)12(14)15-3/h4-6,8H,7,13H2,1-3H3. The van der Waals surface area contributed by atoms with Gasteiger partial charge in [-0.3, -0.25) is 0 Å². The average Bonchev–Trinajstić information content (AvgIpc) is 2.26. The van der Waals surface area contributed by atoms with E-state index in [1.165, 1.54) is 7.11 Å². The quantitative estimate of drug-likeness (QED) is 0.626. The summed E-state index contributed by atoms with van der Waals surface area (Å²) in [5.41, 5.74) is 7.41. The molecular weight excluding hydrogens is 206 g/mol. The highest BCUT2D eigenvalue weighted by molar-refractivity contribution is 5.92. The van der Waals surface area contributed by atoms with Gasteiger partial charge in [-0.05, 0) is 31.5 Å². The summed E-state index contributed by atoms with van der Waals surface area (Å²) in [7, 11) is 1.35. The lowest BCUT2D eigenvalue weighted by Gasteiger charge is -2.11. The maximum atomic E-state index is 11.5. The third kappa shape index (κ3) is 3.24. The summed E-state index contributed by atoms with van der Waals surface area (Å²) in [6.07, 6.45) is 0.114. The Morgan fingerprint density at radius 1 is 1.44 bits per heavy atom. The number of ether oxygens (including phenoxy) is 2. The van der Waals surface area contributed by atoms with Crippen LogP contribution < -0.4 is 5.73 Å². The summed E-state index contributed by atoms with van der Waals surface area (Å²) < 4.78 is 10.1. The first-order chi connectivity index (χ1) is 7.54. The summed E-state index contributed by atoms with van der Waals surface area (Å²) in [4.78, 5) is 11.5. The molecule has 0 saturated carbocycles. The van der Waals surface area contributed by atoms with Crippen molar-refractivity contribution in [2.45, 2.75) is 26.6 Å². The fourth-order valence-corrected chi connectivity index (χ4v) is 1.28. The average molecular weight is 223 g/mol. The molecule has 1 aromatic rings. The highest BCUT2D eigenvalue weighted by Gasteiger charge is 2.12. The molecule has 0 aliphatic rings. The molecule has 88 valence electrons. The van der Waals surface area contributed by atoms with Crippen molar-refractivity contribution >= 4 is 11.7 Å². The number of carbonyl (C=O) groups excluding carboxylic acids is 1. The van der Waals surface area contributed by atoms with E-state index in [2.05, 4.69) is 4.74 Å². The highest BCUT2D eigenvalue weighted by Crippen LogP contribution is 2.16. The Morgan fingerprint density at radius 3 is 2.69 bits per heavy atom. The third-order valence-electron chi connectivity index (χ3n) is 2.11. The van der Waals surface area contributed by atoms with Crippen LogP contribution in [0.5, 0.6) is 0 Å². The summed E-state index contributed by atoms with van der Waals surface area (Å²) in [5.74, 6) is -0.394. The molecule has 0 aliphatic heterocycles. The van der Waals surface area contributed by atoms with Gasteiger partial charge in [0.15, 0.2) is 0 Å². The maximum Gasteiger partial charge on any atom is 0.338 e. The van der Waals surface area contributed by atoms with E-state index in [-0.39, 0.29) is 6.10 Å². The van der Waals surface area contributed by atoms with Crippen molar-refractivity contribution in [1.82, 2.24) is 0 Å². The van der Waals surface area contributed by atoms with Gasteiger partial charge in [0.25, 0.3) is 0 Å². The number of hydrogen-bond donors (Lipinski definition) is 1.